The van der Waals surface area contributed by atoms with E-state index in [9.17, 15) is 100 Å². The number of esters is 4. The third-order valence-corrected chi connectivity index (χ3v) is 18.5. The summed E-state index contributed by atoms with van der Waals surface area (Å²) in [6, 6.07) is 30.4. The molecule has 0 radical (unpaired) electrons. The van der Waals surface area contributed by atoms with Gasteiger partial charge in [0.2, 0.25) is 11.6 Å². The molecule has 16 nitrogen and oxygen atoms in total. The van der Waals surface area contributed by atoms with E-state index in [4.69, 9.17) is 14.2 Å². The van der Waals surface area contributed by atoms with Crippen molar-refractivity contribution in [2.24, 2.45) is 29.6 Å². The van der Waals surface area contributed by atoms with Crippen LogP contribution in [0.4, 0.5) is 48.3 Å². The number of hydrogen-bond acceptors (Lipinski definition) is 16. The molecule has 0 spiro atoms. The molecule has 5 fully saturated rings. The Morgan fingerprint density at radius 3 is 1.65 bits per heavy atom. The average Bonchev–Trinajstić information content (AvgIpc) is 1.56. The lowest BCUT2D eigenvalue weighted by atomic mass is 9.66. The summed E-state index contributed by atoms with van der Waals surface area (Å²) in [5.74, 6) is -9.78. The van der Waals surface area contributed by atoms with E-state index < -0.39 is 137 Å². The van der Waals surface area contributed by atoms with Gasteiger partial charge in [0.05, 0.1) is 29.0 Å². The van der Waals surface area contributed by atoms with Gasteiger partial charge in [-0.1, -0.05) is 60.7 Å². The number of halogens is 11. The maximum atomic E-state index is 13.4. The Labute approximate surface area is 490 Å². The van der Waals surface area contributed by atoms with Crippen molar-refractivity contribution in [2.75, 3.05) is 13.2 Å². The van der Waals surface area contributed by atoms with Crippen LogP contribution in [-0.4, -0.2) is 131 Å². The molecular formula is C57H63F11O16S2. The van der Waals surface area contributed by atoms with E-state index >= 15 is 0 Å². The number of benzene rings is 3. The standard InChI is InChI=1S/C19H17S.C18H21F11O8S.C11H12O5.C9H14O3/c1-16-12-14-19(15-13-16)20(17-8-4-2-5-9-17)18-10-6-3-7-11-18;1-8(6-36-7-14(19,20)38(33,34)35)12(30)37-11-4-9(13(2,31)16(21,22)23)3-10(5-11)15(32,17(24,25)26)18(27,28)29;1-4(12)10(13)15-8-5-2-6-7(3-5)11(14)16-9(6)8;1-7(10)8(11)12-9(2)5-3-4-6-9/h2-15H,1H3;9-11,31-32H,1,3-7H2,2H3,(H,33,34,35);5-9H,2-3H2,1H3;3-6H2,1-2H3/q+1;;;/p-1. The van der Waals surface area contributed by atoms with E-state index in [1.54, 1.807) is 0 Å². The topological polar surface area (TPSA) is 246 Å². The number of fused-ring (bicyclic) bond motifs is 1. The van der Waals surface area contributed by atoms with Crippen LogP contribution in [0.15, 0.2) is 112 Å². The van der Waals surface area contributed by atoms with Gasteiger partial charge in [-0.2, -0.15) is 48.3 Å². The molecule has 3 aromatic rings. The number of Topliss-reactive ketones (excluding diaryl/α,β-unsaturated/α-hetero) is 2. The van der Waals surface area contributed by atoms with Crippen LogP contribution in [0.5, 0.6) is 0 Å². The van der Waals surface area contributed by atoms with Crippen molar-refractivity contribution in [3.63, 3.8) is 0 Å². The second kappa shape index (κ2) is 27.6. The van der Waals surface area contributed by atoms with Gasteiger partial charge < -0.3 is 38.5 Å². The van der Waals surface area contributed by atoms with Crippen molar-refractivity contribution in [2.45, 2.75) is 166 Å². The van der Waals surface area contributed by atoms with E-state index in [2.05, 4.69) is 108 Å². The Balaban J connectivity index is 0.000000232. The zero-order chi connectivity index (χ0) is 64.8. The highest BCUT2D eigenvalue weighted by molar-refractivity contribution is 7.97. The second-order valence-corrected chi connectivity index (χ2v) is 25.4. The molecule has 0 aromatic heterocycles. The van der Waals surface area contributed by atoms with Gasteiger partial charge in [0.25, 0.3) is 5.60 Å². The summed E-state index contributed by atoms with van der Waals surface area (Å²) >= 11 is 0. The minimum Gasteiger partial charge on any atom is -0.743 e. The fraction of sp³-hybridized carbons (Fsp3) is 0.544. The highest BCUT2D eigenvalue weighted by Gasteiger charge is 2.75. The minimum absolute atomic E-state index is 0.00211. The van der Waals surface area contributed by atoms with Crippen molar-refractivity contribution in [3.05, 3.63) is 103 Å². The Morgan fingerprint density at radius 1 is 0.698 bits per heavy atom. The highest BCUT2D eigenvalue weighted by atomic mass is 32.2. The van der Waals surface area contributed by atoms with Crippen LogP contribution in [0.1, 0.15) is 91.0 Å². The molecule has 4 saturated carbocycles. The van der Waals surface area contributed by atoms with Crippen LogP contribution in [0.25, 0.3) is 0 Å². The average molecular weight is 1280 g/mol. The van der Waals surface area contributed by atoms with Crippen molar-refractivity contribution in [1.29, 1.82) is 0 Å². The molecular weight excluding hydrogens is 1210 g/mol. The first kappa shape index (κ1) is 70.7. The van der Waals surface area contributed by atoms with Crippen molar-refractivity contribution < 1.29 is 124 Å². The second-order valence-electron chi connectivity index (χ2n) is 21.9. The molecule has 3 aromatic carbocycles. The fourth-order valence-corrected chi connectivity index (χ4v) is 13.0. The number of hydrogen-bond donors (Lipinski definition) is 2. The number of ketones is 2. The summed E-state index contributed by atoms with van der Waals surface area (Å²) in [4.78, 5) is 71.2. The van der Waals surface area contributed by atoms with Gasteiger partial charge in [0, 0.05) is 37.5 Å². The molecule has 1 saturated heterocycles. The number of ether oxygens (including phenoxy) is 5. The van der Waals surface area contributed by atoms with Gasteiger partial charge in [-0.3, -0.25) is 14.4 Å². The zero-order valence-corrected chi connectivity index (χ0v) is 48.4. The number of aryl methyl sites for hydroxylation is 1. The molecule has 86 heavy (non-hydrogen) atoms. The molecule has 9 unspecified atom stereocenters. The first-order valence-corrected chi connectivity index (χ1v) is 29.2. The SMILES string of the molecule is C=C(COCC(F)(F)S(=O)(=O)[O-])C(=O)OC1CC(C(C)(O)C(F)(F)F)CC(C(O)(C(F)(F)F)C(F)(F)F)C1.CC(=O)C(=O)OC1(C)CCCC1.CC(=O)C(=O)OC1C2CC3C(=O)OC1C3C2.Cc1ccc([S+](c2ccccc2)c2ccccc2)cc1. The lowest BCUT2D eigenvalue weighted by molar-refractivity contribution is -0.391. The maximum Gasteiger partial charge on any atom is 0.426 e. The van der Waals surface area contributed by atoms with Crippen LogP contribution < -0.4 is 0 Å². The Kier molecular flexibility index (Phi) is 22.7. The van der Waals surface area contributed by atoms with Crippen molar-refractivity contribution in [3.8, 4) is 0 Å². The van der Waals surface area contributed by atoms with E-state index in [0.717, 1.165) is 38.5 Å². The Hall–Kier alpha value is -6.01. The molecule has 476 valence electrons. The van der Waals surface area contributed by atoms with E-state index in [1.165, 1.54) is 34.1 Å². The third kappa shape index (κ3) is 17.0. The highest BCUT2D eigenvalue weighted by Crippen LogP contribution is 2.57. The first-order chi connectivity index (χ1) is 39.5. The first-order valence-electron chi connectivity index (χ1n) is 26.6. The van der Waals surface area contributed by atoms with Crippen molar-refractivity contribution in [1.82, 2.24) is 0 Å². The third-order valence-electron chi connectivity index (χ3n) is 15.4. The summed E-state index contributed by atoms with van der Waals surface area (Å²) < 4.78 is 201. The number of rotatable bonds is 16. The molecule has 8 rings (SSSR count). The van der Waals surface area contributed by atoms with Crippen LogP contribution >= 0.6 is 0 Å². The minimum atomic E-state index is -6.47. The summed E-state index contributed by atoms with van der Waals surface area (Å²) in [6.07, 6.45) is -20.3. The molecule has 29 heteroatoms. The lowest BCUT2D eigenvalue weighted by Crippen LogP contribution is -2.64. The summed E-state index contributed by atoms with van der Waals surface area (Å²) in [5, 5.41) is 14.6. The lowest BCUT2D eigenvalue weighted by Gasteiger charge is -2.47. The van der Waals surface area contributed by atoms with Gasteiger partial charge in [-0.25, -0.2) is 22.8 Å². The number of carbonyl (C=O) groups is 6. The predicted octanol–water partition coefficient (Wildman–Crippen LogP) is 9.80. The molecule has 4 aliphatic carbocycles. The van der Waals surface area contributed by atoms with Crippen LogP contribution in [0, 0.1) is 36.5 Å². The molecule has 5 aliphatic rings. The molecule has 2 N–H and O–H groups in total. The van der Waals surface area contributed by atoms with E-state index in [0.29, 0.717) is 0 Å². The Morgan fingerprint density at radius 2 is 1.19 bits per heavy atom. The number of aliphatic hydroxyl groups is 2. The van der Waals surface area contributed by atoms with Gasteiger partial charge in [-0.05, 0) is 115 Å². The van der Waals surface area contributed by atoms with Crippen molar-refractivity contribution >= 4 is 56.5 Å². The molecule has 9 atom stereocenters. The van der Waals surface area contributed by atoms with Gasteiger partial charge >= 0.3 is 47.7 Å². The summed E-state index contributed by atoms with van der Waals surface area (Å²) in [7, 11) is -6.22. The smallest absolute Gasteiger partial charge is 0.426 e. The Bertz CT molecular complexity index is 2950. The normalized spacial score (nSPS) is 24.0. The predicted molar refractivity (Wildman–Crippen MR) is 279 cm³/mol. The van der Waals surface area contributed by atoms with E-state index in [1.807, 2.05) is 6.92 Å². The van der Waals surface area contributed by atoms with Gasteiger partial charge in [-0.15, -0.1) is 0 Å². The maximum absolute atomic E-state index is 13.4. The van der Waals surface area contributed by atoms with Gasteiger partial charge in [0.1, 0.15) is 30.5 Å². The quantitative estimate of drug-likeness (QED) is 0.0258. The van der Waals surface area contributed by atoms with E-state index in [-0.39, 0.29) is 53.2 Å². The number of carbonyl (C=O) groups excluding carboxylic acids is 6. The zero-order valence-electron chi connectivity index (χ0n) is 46.8. The monoisotopic (exact) mass is 1280 g/mol. The molecule has 0 amide bonds. The number of alkyl halides is 11. The fourth-order valence-electron chi connectivity index (χ4n) is 10.7. The largest absolute Gasteiger partial charge is 0.743 e. The summed E-state index contributed by atoms with van der Waals surface area (Å²) in [6.45, 7) is 6.03. The van der Waals surface area contributed by atoms with Crippen LogP contribution in [-0.2, 0) is 73.5 Å². The molecule has 2 bridgehead atoms. The molecule has 1 aliphatic heterocycles. The van der Waals surface area contributed by atoms with Gasteiger partial charge in [0.15, 0.2) is 30.4 Å². The van der Waals surface area contributed by atoms with Crippen LogP contribution in [0.2, 0.25) is 0 Å². The summed E-state index contributed by atoms with van der Waals surface area (Å²) in [5.41, 5.74) is -9.57. The van der Waals surface area contributed by atoms with Crippen LogP contribution in [0.3, 0.4) is 0 Å². The molecule has 1 heterocycles.